The Bertz CT molecular complexity index is 1760. The summed E-state index contributed by atoms with van der Waals surface area (Å²) in [6.45, 7) is 6.37. The third-order valence-corrected chi connectivity index (χ3v) is 13.8. The molecule has 0 amide bonds. The quantitative estimate of drug-likeness (QED) is 0.0261. The van der Waals surface area contributed by atoms with Gasteiger partial charge in [-0.1, -0.05) is 276 Å². The minimum Gasteiger partial charge on any atom is -0.462 e. The molecule has 0 aromatic heterocycles. The topological polar surface area (TPSA) is 78.9 Å². The van der Waals surface area contributed by atoms with Crippen molar-refractivity contribution >= 4 is 17.9 Å². The van der Waals surface area contributed by atoms with Crippen LogP contribution in [-0.4, -0.2) is 37.2 Å². The zero-order chi connectivity index (χ0) is 58.5. The number of allylic oxidation sites excluding steroid dienone is 24. The fourth-order valence-corrected chi connectivity index (χ4v) is 8.88. The summed E-state index contributed by atoms with van der Waals surface area (Å²) in [5.41, 5.74) is 0. The molecular formula is C75H122O6. The van der Waals surface area contributed by atoms with Gasteiger partial charge in [0.1, 0.15) is 13.2 Å². The van der Waals surface area contributed by atoms with Crippen LogP contribution in [0, 0.1) is 0 Å². The standard InChI is InChI=1S/C75H122O6/c1-4-7-10-13-16-19-22-25-27-29-31-33-34-35-36-37-38-39-40-42-43-45-47-50-53-56-59-62-65-68-74(77)80-71-72(70-79-73(76)67-64-61-58-55-52-49-24-21-18-15-12-9-6-3)81-75(78)69-66-63-60-57-54-51-48-46-44-41-32-30-28-26-23-20-17-14-11-8-5-2/h7,9-10,12,16,18-19,21,23,25-27,30-33,35-36,38-39,42-43,49,52,72H,4-6,8,11,13-15,17,20,22,24,28-29,34,37,40-41,44-48,50-51,53-71H2,1-3H3/b10-7-,12-9-,19-16-,21-18-,26-23-,27-25-,32-30-,33-31-,36-35-,39-38-,43-42-,52-49-. The number of esters is 3. The summed E-state index contributed by atoms with van der Waals surface area (Å²) in [7, 11) is 0. The van der Waals surface area contributed by atoms with Crippen LogP contribution in [0.3, 0.4) is 0 Å². The van der Waals surface area contributed by atoms with Gasteiger partial charge in [0, 0.05) is 19.3 Å². The van der Waals surface area contributed by atoms with Gasteiger partial charge >= 0.3 is 17.9 Å². The summed E-state index contributed by atoms with van der Waals surface area (Å²) in [5.74, 6) is -0.942. The zero-order valence-electron chi connectivity index (χ0n) is 52.5. The molecule has 1 atom stereocenters. The highest BCUT2D eigenvalue weighted by molar-refractivity contribution is 5.71. The maximum atomic E-state index is 12.9. The molecule has 0 aromatic rings. The number of rotatable bonds is 59. The van der Waals surface area contributed by atoms with E-state index in [2.05, 4.69) is 167 Å². The Morgan fingerprint density at radius 3 is 0.765 bits per heavy atom. The van der Waals surface area contributed by atoms with Crippen molar-refractivity contribution < 1.29 is 28.6 Å². The van der Waals surface area contributed by atoms with Gasteiger partial charge in [0.2, 0.25) is 0 Å². The Hall–Kier alpha value is -4.71. The van der Waals surface area contributed by atoms with Crippen LogP contribution in [0.4, 0.5) is 0 Å². The van der Waals surface area contributed by atoms with Crippen LogP contribution < -0.4 is 0 Å². The molecule has 0 spiro atoms. The van der Waals surface area contributed by atoms with Crippen LogP contribution >= 0.6 is 0 Å². The fourth-order valence-electron chi connectivity index (χ4n) is 8.88. The van der Waals surface area contributed by atoms with Crippen molar-refractivity contribution in [2.45, 2.75) is 297 Å². The predicted molar refractivity (Wildman–Crippen MR) is 352 cm³/mol. The van der Waals surface area contributed by atoms with Gasteiger partial charge in [0.15, 0.2) is 6.10 Å². The van der Waals surface area contributed by atoms with E-state index in [1.807, 2.05) is 0 Å². The van der Waals surface area contributed by atoms with E-state index < -0.39 is 6.10 Å². The van der Waals surface area contributed by atoms with E-state index in [-0.39, 0.29) is 31.1 Å². The number of carbonyl (C=O) groups is 3. The lowest BCUT2D eigenvalue weighted by Gasteiger charge is -2.18. The van der Waals surface area contributed by atoms with Gasteiger partial charge < -0.3 is 14.2 Å². The number of unbranched alkanes of at least 4 members (excludes halogenated alkanes) is 24. The number of carbonyl (C=O) groups excluding carboxylic acids is 3. The highest BCUT2D eigenvalue weighted by atomic mass is 16.6. The lowest BCUT2D eigenvalue weighted by atomic mass is 10.1. The molecule has 0 saturated heterocycles. The molecule has 0 heterocycles. The summed E-state index contributed by atoms with van der Waals surface area (Å²) in [6.07, 6.45) is 97.2. The summed E-state index contributed by atoms with van der Waals surface area (Å²) in [4.78, 5) is 38.3. The van der Waals surface area contributed by atoms with E-state index in [0.29, 0.717) is 19.3 Å². The van der Waals surface area contributed by atoms with Crippen LogP contribution in [0.5, 0.6) is 0 Å². The van der Waals surface area contributed by atoms with E-state index >= 15 is 0 Å². The average molecular weight is 1120 g/mol. The van der Waals surface area contributed by atoms with Crippen molar-refractivity contribution in [3.05, 3.63) is 146 Å². The van der Waals surface area contributed by atoms with Crippen LogP contribution in [0.15, 0.2) is 146 Å². The molecule has 0 rings (SSSR count). The third kappa shape index (κ3) is 66.0. The molecule has 0 radical (unpaired) electrons. The van der Waals surface area contributed by atoms with Gasteiger partial charge in [0.05, 0.1) is 0 Å². The van der Waals surface area contributed by atoms with Gasteiger partial charge in [0.25, 0.3) is 0 Å². The molecule has 458 valence electrons. The van der Waals surface area contributed by atoms with Gasteiger partial charge in [-0.05, 0) is 141 Å². The van der Waals surface area contributed by atoms with E-state index in [4.69, 9.17) is 14.2 Å². The van der Waals surface area contributed by atoms with Crippen molar-refractivity contribution in [3.8, 4) is 0 Å². The number of hydrogen-bond donors (Lipinski definition) is 0. The Morgan fingerprint density at radius 2 is 0.481 bits per heavy atom. The van der Waals surface area contributed by atoms with Gasteiger partial charge in [-0.25, -0.2) is 0 Å². The second-order valence-electron chi connectivity index (χ2n) is 21.6. The minimum atomic E-state index is -0.805. The predicted octanol–water partition coefficient (Wildman–Crippen LogP) is 23.1. The van der Waals surface area contributed by atoms with Gasteiger partial charge in [-0.15, -0.1) is 0 Å². The molecule has 0 saturated carbocycles. The molecule has 81 heavy (non-hydrogen) atoms. The van der Waals surface area contributed by atoms with Gasteiger partial charge in [-0.2, -0.15) is 0 Å². The first-order valence-electron chi connectivity index (χ1n) is 33.3. The fraction of sp³-hybridized carbons (Fsp3) is 0.640. The monoisotopic (exact) mass is 1120 g/mol. The highest BCUT2D eigenvalue weighted by Crippen LogP contribution is 2.15. The molecule has 0 bridgehead atoms. The van der Waals surface area contributed by atoms with Crippen molar-refractivity contribution in [3.63, 3.8) is 0 Å². The Labute approximate surface area is 499 Å². The molecule has 0 aromatic carbocycles. The number of hydrogen-bond acceptors (Lipinski definition) is 6. The summed E-state index contributed by atoms with van der Waals surface area (Å²) < 4.78 is 16.9. The molecular weight excluding hydrogens is 997 g/mol. The Balaban J connectivity index is 4.38. The largest absolute Gasteiger partial charge is 0.462 e. The molecule has 0 aliphatic carbocycles. The van der Waals surface area contributed by atoms with Crippen molar-refractivity contribution in [2.75, 3.05) is 13.2 Å². The van der Waals surface area contributed by atoms with Crippen molar-refractivity contribution in [2.24, 2.45) is 0 Å². The zero-order valence-corrected chi connectivity index (χ0v) is 52.5. The molecule has 0 N–H and O–H groups in total. The van der Waals surface area contributed by atoms with Crippen molar-refractivity contribution in [1.29, 1.82) is 0 Å². The summed E-state index contributed by atoms with van der Waals surface area (Å²) >= 11 is 0. The van der Waals surface area contributed by atoms with Crippen molar-refractivity contribution in [1.82, 2.24) is 0 Å². The maximum absolute atomic E-state index is 12.9. The molecule has 0 aliphatic heterocycles. The Morgan fingerprint density at radius 1 is 0.259 bits per heavy atom. The number of ether oxygens (including phenoxy) is 3. The molecule has 0 aliphatic rings. The first-order chi connectivity index (χ1) is 40.0. The van der Waals surface area contributed by atoms with Gasteiger partial charge in [-0.3, -0.25) is 14.4 Å². The van der Waals surface area contributed by atoms with Crippen LogP contribution in [0.25, 0.3) is 0 Å². The Kier molecular flexibility index (Phi) is 63.9. The van der Waals surface area contributed by atoms with E-state index in [0.717, 1.165) is 141 Å². The second kappa shape index (κ2) is 67.8. The lowest BCUT2D eigenvalue weighted by Crippen LogP contribution is -2.30. The molecule has 6 heteroatoms. The first kappa shape index (κ1) is 76.3. The third-order valence-electron chi connectivity index (χ3n) is 13.8. The van der Waals surface area contributed by atoms with E-state index in [1.54, 1.807) is 0 Å². The highest BCUT2D eigenvalue weighted by Gasteiger charge is 2.19. The first-order valence-corrected chi connectivity index (χ1v) is 33.3. The maximum Gasteiger partial charge on any atom is 0.306 e. The van der Waals surface area contributed by atoms with Crippen LogP contribution in [-0.2, 0) is 28.6 Å². The summed E-state index contributed by atoms with van der Waals surface area (Å²) in [6, 6.07) is 0. The SMILES string of the molecule is CC/C=C\C/C=C\C/C=C\C/C=C\C/C=C\C/C=C\C/C=C\CCCCCCCCCC(=O)OCC(COC(=O)CCCCC/C=C\C/C=C\C/C=C\CC)OC(=O)CCCCCCCCCCC/C=C\C/C=C\CCCCCCC. The smallest absolute Gasteiger partial charge is 0.306 e. The molecule has 0 fully saturated rings. The summed E-state index contributed by atoms with van der Waals surface area (Å²) in [5, 5.41) is 0. The van der Waals surface area contributed by atoms with E-state index in [1.165, 1.54) is 109 Å². The molecule has 6 nitrogen and oxygen atoms in total. The normalized spacial score (nSPS) is 13.1. The molecule has 1 unspecified atom stereocenters. The average Bonchev–Trinajstić information content (AvgIpc) is 3.46. The minimum absolute atomic E-state index is 0.0996. The van der Waals surface area contributed by atoms with E-state index in [9.17, 15) is 14.4 Å². The lowest BCUT2D eigenvalue weighted by molar-refractivity contribution is -0.167. The van der Waals surface area contributed by atoms with Crippen LogP contribution in [0.2, 0.25) is 0 Å². The van der Waals surface area contributed by atoms with Crippen LogP contribution in [0.1, 0.15) is 290 Å². The second-order valence-corrected chi connectivity index (χ2v) is 21.6.